The van der Waals surface area contributed by atoms with Crippen LogP contribution in [-0.2, 0) is 10.0 Å². The lowest BCUT2D eigenvalue weighted by atomic mass is 10.0. The van der Waals surface area contributed by atoms with Gasteiger partial charge in [0.05, 0.1) is 10.6 Å². The van der Waals surface area contributed by atoms with Crippen molar-refractivity contribution in [2.24, 2.45) is 0 Å². The van der Waals surface area contributed by atoms with E-state index in [2.05, 4.69) is 19.2 Å². The van der Waals surface area contributed by atoms with E-state index in [0.717, 1.165) is 4.90 Å². The summed E-state index contributed by atoms with van der Waals surface area (Å²) in [7, 11) is -2.18. The quantitative estimate of drug-likeness (QED) is 0.471. The summed E-state index contributed by atoms with van der Waals surface area (Å²) in [6.07, 6.45) is 1.94. The molecule has 0 fully saturated rings. The molecule has 3 aromatic rings. The molecule has 0 heterocycles. The summed E-state index contributed by atoms with van der Waals surface area (Å²) in [5, 5.41) is 2.87. The summed E-state index contributed by atoms with van der Waals surface area (Å²) in [5.74, 6) is 0.177. The molecular weight excluding hydrogens is 428 g/mol. The molecule has 0 saturated heterocycles. The number of nitrogens with zero attached hydrogens (tertiary/aromatic N) is 1. The van der Waals surface area contributed by atoms with Gasteiger partial charge < -0.3 is 5.32 Å². The number of anilines is 2. The van der Waals surface area contributed by atoms with E-state index in [-0.39, 0.29) is 10.8 Å². The van der Waals surface area contributed by atoms with Gasteiger partial charge in [-0.15, -0.1) is 11.8 Å². The van der Waals surface area contributed by atoms with Crippen molar-refractivity contribution < 1.29 is 13.2 Å². The number of carbonyl (C=O) groups is 1. The average molecular weight is 455 g/mol. The van der Waals surface area contributed by atoms with E-state index in [4.69, 9.17) is 0 Å². The van der Waals surface area contributed by atoms with Gasteiger partial charge in [0.2, 0.25) is 0 Å². The van der Waals surface area contributed by atoms with Crippen molar-refractivity contribution in [2.75, 3.05) is 22.9 Å². The van der Waals surface area contributed by atoms with Crippen LogP contribution < -0.4 is 9.62 Å². The summed E-state index contributed by atoms with van der Waals surface area (Å²) < 4.78 is 27.0. The highest BCUT2D eigenvalue weighted by molar-refractivity contribution is 7.98. The van der Waals surface area contributed by atoms with Gasteiger partial charge in [-0.05, 0) is 78.4 Å². The predicted octanol–water partition coefficient (Wildman–Crippen LogP) is 5.61. The van der Waals surface area contributed by atoms with Crippen LogP contribution in [0.15, 0.2) is 82.6 Å². The zero-order valence-corrected chi connectivity index (χ0v) is 19.6. The lowest BCUT2D eigenvalue weighted by molar-refractivity contribution is 0.102. The van der Waals surface area contributed by atoms with Crippen LogP contribution >= 0.6 is 11.8 Å². The second-order valence-electron chi connectivity index (χ2n) is 7.43. The Morgan fingerprint density at radius 2 is 1.48 bits per heavy atom. The van der Waals surface area contributed by atoms with Crippen LogP contribution in [0.2, 0.25) is 0 Å². The van der Waals surface area contributed by atoms with Crippen molar-refractivity contribution in [3.63, 3.8) is 0 Å². The maximum absolute atomic E-state index is 12.9. The van der Waals surface area contributed by atoms with Crippen LogP contribution in [0.1, 0.15) is 35.7 Å². The standard InChI is InChI=1S/C24H26N2O3S2/c1-17(2)18-5-9-20(10-6-18)25-24(27)19-7-11-21(12-8-19)26(3)31(28,29)23-15-13-22(30-4)14-16-23/h5-17H,1-4H3,(H,25,27). The van der Waals surface area contributed by atoms with E-state index in [0.29, 0.717) is 22.9 Å². The lowest BCUT2D eigenvalue weighted by Gasteiger charge is -2.20. The molecule has 0 aliphatic rings. The molecule has 1 N–H and O–H groups in total. The van der Waals surface area contributed by atoms with Gasteiger partial charge in [-0.25, -0.2) is 8.42 Å². The fraction of sp³-hybridized carbons (Fsp3) is 0.208. The third kappa shape index (κ3) is 5.29. The highest BCUT2D eigenvalue weighted by Gasteiger charge is 2.21. The van der Waals surface area contributed by atoms with E-state index in [1.807, 2.05) is 30.5 Å². The molecule has 0 spiro atoms. The largest absolute Gasteiger partial charge is 0.322 e. The number of hydrogen-bond acceptors (Lipinski definition) is 4. The van der Waals surface area contributed by atoms with Crippen molar-refractivity contribution in [3.8, 4) is 0 Å². The minimum atomic E-state index is -3.69. The Morgan fingerprint density at radius 3 is 2.00 bits per heavy atom. The summed E-state index contributed by atoms with van der Waals surface area (Å²) in [6, 6.07) is 21.0. The molecule has 0 aliphatic carbocycles. The van der Waals surface area contributed by atoms with E-state index in [1.54, 1.807) is 60.3 Å². The zero-order valence-electron chi connectivity index (χ0n) is 18.0. The van der Waals surface area contributed by atoms with Crippen molar-refractivity contribution in [1.29, 1.82) is 0 Å². The molecule has 0 bridgehead atoms. The Hall–Kier alpha value is -2.77. The fourth-order valence-electron chi connectivity index (χ4n) is 3.02. The summed E-state index contributed by atoms with van der Waals surface area (Å²) in [4.78, 5) is 13.8. The summed E-state index contributed by atoms with van der Waals surface area (Å²) in [6.45, 7) is 4.23. The first kappa shape index (κ1) is 22.9. The first-order valence-electron chi connectivity index (χ1n) is 9.86. The predicted molar refractivity (Wildman–Crippen MR) is 129 cm³/mol. The number of carbonyl (C=O) groups excluding carboxylic acids is 1. The van der Waals surface area contributed by atoms with Gasteiger partial charge in [0.1, 0.15) is 0 Å². The molecule has 0 aromatic heterocycles. The van der Waals surface area contributed by atoms with Crippen molar-refractivity contribution in [3.05, 3.63) is 83.9 Å². The van der Waals surface area contributed by atoms with Gasteiger partial charge in [-0.2, -0.15) is 0 Å². The van der Waals surface area contributed by atoms with Gasteiger partial charge in [-0.3, -0.25) is 9.10 Å². The molecule has 0 atom stereocenters. The van der Waals surface area contributed by atoms with Gasteiger partial charge in [0.25, 0.3) is 15.9 Å². The Balaban J connectivity index is 1.72. The Labute approximate surface area is 188 Å². The third-order valence-electron chi connectivity index (χ3n) is 5.05. The van der Waals surface area contributed by atoms with Crippen molar-refractivity contribution in [1.82, 2.24) is 0 Å². The van der Waals surface area contributed by atoms with E-state index >= 15 is 0 Å². The molecule has 7 heteroatoms. The Morgan fingerprint density at radius 1 is 0.903 bits per heavy atom. The van der Waals surface area contributed by atoms with Crippen LogP contribution in [0.4, 0.5) is 11.4 Å². The molecule has 3 rings (SSSR count). The molecule has 0 aliphatic heterocycles. The fourth-order valence-corrected chi connectivity index (χ4v) is 4.63. The number of nitrogens with one attached hydrogen (secondary N) is 1. The van der Waals surface area contributed by atoms with Gasteiger partial charge in [0, 0.05) is 23.2 Å². The van der Waals surface area contributed by atoms with E-state index < -0.39 is 10.0 Å². The number of rotatable bonds is 7. The summed E-state index contributed by atoms with van der Waals surface area (Å²) in [5.41, 5.74) is 2.85. The lowest BCUT2D eigenvalue weighted by Crippen LogP contribution is -2.26. The van der Waals surface area contributed by atoms with Gasteiger partial charge in [-0.1, -0.05) is 26.0 Å². The SMILES string of the molecule is CSc1ccc(S(=O)(=O)N(C)c2ccc(C(=O)Nc3ccc(C(C)C)cc3)cc2)cc1. The first-order valence-corrected chi connectivity index (χ1v) is 12.5. The monoisotopic (exact) mass is 454 g/mol. The molecule has 5 nitrogen and oxygen atoms in total. The molecule has 31 heavy (non-hydrogen) atoms. The van der Waals surface area contributed by atoms with Crippen LogP contribution in [0.3, 0.4) is 0 Å². The number of hydrogen-bond donors (Lipinski definition) is 1. The maximum atomic E-state index is 12.9. The van der Waals surface area contributed by atoms with Crippen LogP contribution in [0.25, 0.3) is 0 Å². The maximum Gasteiger partial charge on any atom is 0.264 e. The van der Waals surface area contributed by atoms with Crippen molar-refractivity contribution in [2.45, 2.75) is 29.6 Å². The number of thioether (sulfide) groups is 1. The number of benzene rings is 3. The highest BCUT2D eigenvalue weighted by Crippen LogP contribution is 2.25. The van der Waals surface area contributed by atoms with Crippen LogP contribution in [0.5, 0.6) is 0 Å². The van der Waals surface area contributed by atoms with Gasteiger partial charge in [0.15, 0.2) is 0 Å². The van der Waals surface area contributed by atoms with Gasteiger partial charge >= 0.3 is 0 Å². The van der Waals surface area contributed by atoms with Crippen molar-refractivity contribution >= 4 is 39.1 Å². The summed E-state index contributed by atoms with van der Waals surface area (Å²) >= 11 is 1.55. The molecule has 162 valence electrons. The second-order valence-corrected chi connectivity index (χ2v) is 10.3. The first-order chi connectivity index (χ1) is 14.7. The molecule has 3 aromatic carbocycles. The second kappa shape index (κ2) is 9.58. The topological polar surface area (TPSA) is 66.5 Å². The zero-order chi connectivity index (χ0) is 22.6. The smallest absolute Gasteiger partial charge is 0.264 e. The average Bonchev–Trinajstić information content (AvgIpc) is 2.79. The Kier molecular flexibility index (Phi) is 7.08. The molecular formula is C24H26N2O3S2. The molecule has 1 amide bonds. The minimum Gasteiger partial charge on any atom is -0.322 e. The van der Waals surface area contributed by atoms with Crippen LogP contribution in [-0.4, -0.2) is 27.6 Å². The minimum absolute atomic E-state index is 0.222. The number of amides is 1. The van der Waals surface area contributed by atoms with E-state index in [1.165, 1.54) is 16.9 Å². The Bertz CT molecular complexity index is 1140. The normalized spacial score (nSPS) is 11.4. The van der Waals surface area contributed by atoms with Crippen LogP contribution in [0, 0.1) is 0 Å². The highest BCUT2D eigenvalue weighted by atomic mass is 32.2. The van der Waals surface area contributed by atoms with E-state index in [9.17, 15) is 13.2 Å². The third-order valence-corrected chi connectivity index (χ3v) is 7.59. The molecule has 0 radical (unpaired) electrons. The number of sulfonamides is 1. The molecule has 0 unspecified atom stereocenters. The molecule has 0 saturated carbocycles.